The summed E-state index contributed by atoms with van der Waals surface area (Å²) in [6.45, 7) is 0.305. The molecule has 0 aliphatic heterocycles. The zero-order chi connectivity index (χ0) is 24.8. The zero-order valence-corrected chi connectivity index (χ0v) is 19.0. The summed E-state index contributed by atoms with van der Waals surface area (Å²) in [5.41, 5.74) is 1.86. The first-order valence-electron chi connectivity index (χ1n) is 11.5. The third kappa shape index (κ3) is 3.64. The minimum absolute atomic E-state index is 0.242. The number of rotatable bonds is 4. The molecule has 0 amide bonds. The van der Waals surface area contributed by atoms with Gasteiger partial charge >= 0.3 is 0 Å². The molecule has 176 valence electrons. The van der Waals surface area contributed by atoms with Crippen LogP contribution >= 0.6 is 0 Å². The van der Waals surface area contributed by atoms with Crippen LogP contribution in [-0.2, 0) is 6.54 Å². The van der Waals surface area contributed by atoms with Gasteiger partial charge < -0.3 is 4.90 Å². The molecule has 0 saturated carbocycles. The number of halogens is 4. The molecule has 0 spiro atoms. The summed E-state index contributed by atoms with van der Waals surface area (Å²) in [5, 5.41) is 3.57. The molecule has 6 aromatic rings. The fraction of sp³-hybridized carbons (Fsp3) is 0.0323. The first-order valence-corrected chi connectivity index (χ1v) is 11.5. The van der Waals surface area contributed by atoms with Gasteiger partial charge in [0.1, 0.15) is 0 Å². The minimum atomic E-state index is -1.82. The Bertz CT molecular complexity index is 1760. The van der Waals surface area contributed by atoms with Gasteiger partial charge in [0, 0.05) is 23.0 Å². The van der Waals surface area contributed by atoms with E-state index in [0.717, 1.165) is 27.1 Å². The normalized spacial score (nSPS) is 11.4. The lowest BCUT2D eigenvalue weighted by molar-refractivity contribution is 0.418. The molecule has 36 heavy (non-hydrogen) atoms. The Morgan fingerprint density at radius 3 is 1.89 bits per heavy atom. The predicted octanol–water partition coefficient (Wildman–Crippen LogP) is 9.04. The molecule has 0 aliphatic carbocycles. The van der Waals surface area contributed by atoms with E-state index in [9.17, 15) is 13.2 Å². The Balaban J connectivity index is 1.60. The van der Waals surface area contributed by atoms with E-state index in [-0.39, 0.29) is 16.5 Å². The topological polar surface area (TPSA) is 3.24 Å². The number of anilines is 2. The van der Waals surface area contributed by atoms with Crippen LogP contribution in [0.1, 0.15) is 5.56 Å². The smallest absolute Gasteiger partial charge is 0.198 e. The summed E-state index contributed by atoms with van der Waals surface area (Å²) < 4.78 is 58.2. The Labute approximate surface area is 204 Å². The highest BCUT2D eigenvalue weighted by Crippen LogP contribution is 2.39. The molecular weight excluding hydrogens is 462 g/mol. The second kappa shape index (κ2) is 8.68. The summed E-state index contributed by atoms with van der Waals surface area (Å²) >= 11 is 0. The lowest BCUT2D eigenvalue weighted by Gasteiger charge is -2.27. The monoisotopic (exact) mass is 481 g/mol. The van der Waals surface area contributed by atoms with E-state index in [1.165, 1.54) is 12.1 Å². The van der Waals surface area contributed by atoms with Crippen molar-refractivity contribution in [2.45, 2.75) is 6.54 Å². The van der Waals surface area contributed by atoms with Crippen molar-refractivity contribution < 1.29 is 17.6 Å². The number of hydrogen-bond acceptors (Lipinski definition) is 1. The molecule has 0 aromatic heterocycles. The van der Waals surface area contributed by atoms with E-state index in [4.69, 9.17) is 0 Å². The third-order valence-electron chi connectivity index (χ3n) is 6.55. The number of hydrogen-bond donors (Lipinski definition) is 0. The fourth-order valence-corrected chi connectivity index (χ4v) is 4.78. The maximum absolute atomic E-state index is 15.1. The van der Waals surface area contributed by atoms with Crippen molar-refractivity contribution >= 4 is 43.7 Å². The van der Waals surface area contributed by atoms with Gasteiger partial charge in [-0.3, -0.25) is 0 Å². The predicted molar refractivity (Wildman–Crippen MR) is 138 cm³/mol. The van der Waals surface area contributed by atoms with E-state index >= 15 is 4.39 Å². The van der Waals surface area contributed by atoms with Gasteiger partial charge in [-0.25, -0.2) is 17.6 Å². The summed E-state index contributed by atoms with van der Waals surface area (Å²) in [6, 6.07) is 31.9. The maximum Gasteiger partial charge on any atom is 0.198 e. The molecule has 0 heterocycles. The van der Waals surface area contributed by atoms with Gasteiger partial charge in [0.15, 0.2) is 23.3 Å². The lowest BCUT2D eigenvalue weighted by Crippen LogP contribution is -2.17. The summed E-state index contributed by atoms with van der Waals surface area (Å²) in [6.07, 6.45) is 0. The average Bonchev–Trinajstić information content (AvgIpc) is 2.92. The number of fused-ring (bicyclic) bond motifs is 3. The van der Waals surface area contributed by atoms with Crippen molar-refractivity contribution in [3.05, 3.63) is 132 Å². The molecule has 1 nitrogen and oxygen atoms in total. The van der Waals surface area contributed by atoms with Crippen molar-refractivity contribution in [2.75, 3.05) is 4.90 Å². The van der Waals surface area contributed by atoms with Crippen LogP contribution in [0.25, 0.3) is 32.3 Å². The van der Waals surface area contributed by atoms with Gasteiger partial charge in [-0.15, -0.1) is 0 Å². The zero-order valence-electron chi connectivity index (χ0n) is 19.0. The minimum Gasteiger partial charge on any atom is -0.336 e. The largest absolute Gasteiger partial charge is 0.336 e. The van der Waals surface area contributed by atoms with Crippen molar-refractivity contribution in [1.82, 2.24) is 0 Å². The molecule has 0 fully saturated rings. The van der Waals surface area contributed by atoms with Gasteiger partial charge in [-0.05, 0) is 57.4 Å². The SMILES string of the molecule is Fc1c(F)c(F)c2c(N(Cc3ccccc3)c3ccc4cc5ccccc5cc4c3)cccc2c1F. The van der Waals surface area contributed by atoms with Crippen molar-refractivity contribution in [1.29, 1.82) is 0 Å². The van der Waals surface area contributed by atoms with Crippen LogP contribution in [0.4, 0.5) is 28.9 Å². The van der Waals surface area contributed by atoms with Gasteiger partial charge in [0.05, 0.1) is 5.69 Å². The lowest BCUT2D eigenvalue weighted by atomic mass is 10.0. The van der Waals surface area contributed by atoms with Gasteiger partial charge in [0.2, 0.25) is 0 Å². The van der Waals surface area contributed by atoms with Crippen molar-refractivity contribution in [3.63, 3.8) is 0 Å². The summed E-state index contributed by atoms with van der Waals surface area (Å²) in [4.78, 5) is 1.80. The van der Waals surface area contributed by atoms with Crippen LogP contribution < -0.4 is 4.90 Å². The van der Waals surface area contributed by atoms with Crippen LogP contribution in [0, 0.1) is 23.3 Å². The highest BCUT2D eigenvalue weighted by atomic mass is 19.2. The molecule has 6 aromatic carbocycles. The standard InChI is InChI=1S/C31H19F4N/c32-28-25-11-6-12-26(27(25)29(33)31(35)30(28)34)36(18-19-7-2-1-3-8-19)24-14-13-22-15-20-9-4-5-10-21(20)16-23(22)17-24/h1-17H,18H2. The molecule has 0 atom stereocenters. The Morgan fingerprint density at radius 1 is 0.500 bits per heavy atom. The molecule has 0 N–H and O–H groups in total. The molecule has 0 unspecified atom stereocenters. The third-order valence-corrected chi connectivity index (χ3v) is 6.55. The Kier molecular flexibility index (Phi) is 5.33. The Morgan fingerprint density at radius 2 is 1.14 bits per heavy atom. The van der Waals surface area contributed by atoms with E-state index in [0.29, 0.717) is 12.2 Å². The van der Waals surface area contributed by atoms with Crippen LogP contribution in [0.15, 0.2) is 103 Å². The average molecular weight is 481 g/mol. The molecule has 0 aliphatic rings. The summed E-state index contributed by atoms with van der Waals surface area (Å²) in [7, 11) is 0. The Hall–Kier alpha value is -4.38. The van der Waals surface area contributed by atoms with Crippen LogP contribution in [0.2, 0.25) is 0 Å². The van der Waals surface area contributed by atoms with Crippen LogP contribution in [0.3, 0.4) is 0 Å². The highest BCUT2D eigenvalue weighted by molar-refractivity contribution is 6.01. The van der Waals surface area contributed by atoms with Gasteiger partial charge in [-0.1, -0.05) is 72.8 Å². The highest BCUT2D eigenvalue weighted by Gasteiger charge is 2.25. The molecular formula is C31H19F4N. The summed E-state index contributed by atoms with van der Waals surface area (Å²) in [5.74, 6) is -6.46. The molecule has 0 bridgehead atoms. The molecule has 0 saturated heterocycles. The maximum atomic E-state index is 15.1. The van der Waals surface area contributed by atoms with Crippen molar-refractivity contribution in [2.24, 2.45) is 0 Å². The van der Waals surface area contributed by atoms with E-state index in [1.807, 2.05) is 72.8 Å². The van der Waals surface area contributed by atoms with E-state index < -0.39 is 23.3 Å². The quantitative estimate of drug-likeness (QED) is 0.105. The van der Waals surface area contributed by atoms with Gasteiger partial charge in [-0.2, -0.15) is 0 Å². The van der Waals surface area contributed by atoms with Crippen LogP contribution in [-0.4, -0.2) is 0 Å². The van der Waals surface area contributed by atoms with E-state index in [2.05, 4.69) is 12.1 Å². The second-order valence-corrected chi connectivity index (χ2v) is 8.76. The number of nitrogens with zero attached hydrogens (tertiary/aromatic N) is 1. The van der Waals surface area contributed by atoms with Crippen molar-refractivity contribution in [3.8, 4) is 0 Å². The number of benzene rings is 6. The van der Waals surface area contributed by atoms with Crippen LogP contribution in [0.5, 0.6) is 0 Å². The fourth-order valence-electron chi connectivity index (χ4n) is 4.78. The van der Waals surface area contributed by atoms with E-state index in [1.54, 1.807) is 11.0 Å². The van der Waals surface area contributed by atoms with Gasteiger partial charge in [0.25, 0.3) is 0 Å². The first-order chi connectivity index (χ1) is 17.5. The molecule has 6 rings (SSSR count). The first kappa shape index (κ1) is 22.1. The molecule has 0 radical (unpaired) electrons. The molecule has 5 heteroatoms. The second-order valence-electron chi connectivity index (χ2n) is 8.76.